The van der Waals surface area contributed by atoms with Gasteiger partial charge in [0.1, 0.15) is 0 Å². The molecule has 0 bridgehead atoms. The molecule has 140 valence electrons. The van der Waals surface area contributed by atoms with E-state index in [0.29, 0.717) is 19.7 Å². The van der Waals surface area contributed by atoms with Crippen molar-refractivity contribution < 1.29 is 14.3 Å². The Labute approximate surface area is 155 Å². The first-order chi connectivity index (χ1) is 11.7. The standard InChI is InChI=1S/C18H27N3O3.ClH/c1-24-14-18(8-11-19-12-9-18)17(23)20-10-7-16(22)21-13-15-5-3-2-4-6-15;/h2-6,19H,7-14H2,1H3,(H,20,23)(H,21,22);1H. The van der Waals surface area contributed by atoms with Gasteiger partial charge in [-0.1, -0.05) is 30.3 Å². The second kappa shape index (κ2) is 11.1. The highest BCUT2D eigenvalue weighted by Gasteiger charge is 2.39. The fourth-order valence-electron chi connectivity index (χ4n) is 2.98. The number of methoxy groups -OCH3 is 1. The number of nitrogens with one attached hydrogen (secondary N) is 3. The van der Waals surface area contributed by atoms with Crippen LogP contribution in [-0.4, -0.2) is 45.2 Å². The monoisotopic (exact) mass is 369 g/mol. The first kappa shape index (κ1) is 21.4. The van der Waals surface area contributed by atoms with Crippen molar-refractivity contribution in [2.24, 2.45) is 5.41 Å². The van der Waals surface area contributed by atoms with E-state index in [1.165, 1.54) is 0 Å². The lowest BCUT2D eigenvalue weighted by Crippen LogP contribution is -2.50. The molecule has 0 aromatic heterocycles. The Bertz CT molecular complexity index is 528. The zero-order valence-corrected chi connectivity index (χ0v) is 15.5. The van der Waals surface area contributed by atoms with E-state index in [0.717, 1.165) is 31.5 Å². The number of carbonyl (C=O) groups is 2. The van der Waals surface area contributed by atoms with Crippen LogP contribution >= 0.6 is 12.4 Å². The molecule has 0 spiro atoms. The van der Waals surface area contributed by atoms with Crippen molar-refractivity contribution in [3.63, 3.8) is 0 Å². The first-order valence-corrected chi connectivity index (χ1v) is 8.45. The van der Waals surface area contributed by atoms with Crippen LogP contribution in [0.15, 0.2) is 30.3 Å². The van der Waals surface area contributed by atoms with Crippen molar-refractivity contribution in [1.82, 2.24) is 16.0 Å². The number of carbonyl (C=O) groups excluding carboxylic acids is 2. The quantitative estimate of drug-likeness (QED) is 0.644. The highest BCUT2D eigenvalue weighted by molar-refractivity contribution is 5.85. The maximum absolute atomic E-state index is 12.5. The molecular weight excluding hydrogens is 342 g/mol. The number of piperidine rings is 1. The summed E-state index contributed by atoms with van der Waals surface area (Å²) in [5.74, 6) is -0.0769. The van der Waals surface area contributed by atoms with Crippen molar-refractivity contribution in [3.8, 4) is 0 Å². The number of amides is 2. The second-order valence-electron chi connectivity index (χ2n) is 6.23. The van der Waals surface area contributed by atoms with Crippen LogP contribution < -0.4 is 16.0 Å². The van der Waals surface area contributed by atoms with Gasteiger partial charge < -0.3 is 20.7 Å². The van der Waals surface area contributed by atoms with Crippen molar-refractivity contribution in [1.29, 1.82) is 0 Å². The van der Waals surface area contributed by atoms with Gasteiger partial charge in [0.2, 0.25) is 11.8 Å². The third-order valence-corrected chi connectivity index (χ3v) is 4.43. The van der Waals surface area contributed by atoms with Gasteiger partial charge in [-0.3, -0.25) is 9.59 Å². The molecule has 0 aliphatic carbocycles. The molecule has 2 rings (SSSR count). The zero-order valence-electron chi connectivity index (χ0n) is 14.7. The van der Waals surface area contributed by atoms with E-state index in [1.807, 2.05) is 30.3 Å². The van der Waals surface area contributed by atoms with Gasteiger partial charge in [-0.05, 0) is 31.5 Å². The molecule has 1 fully saturated rings. The molecule has 1 saturated heterocycles. The highest BCUT2D eigenvalue weighted by Crippen LogP contribution is 2.29. The molecule has 6 nitrogen and oxygen atoms in total. The largest absolute Gasteiger partial charge is 0.384 e. The van der Waals surface area contributed by atoms with Gasteiger partial charge in [-0.15, -0.1) is 12.4 Å². The number of rotatable bonds is 8. The van der Waals surface area contributed by atoms with Crippen LogP contribution in [0.4, 0.5) is 0 Å². The van der Waals surface area contributed by atoms with E-state index in [4.69, 9.17) is 4.74 Å². The summed E-state index contributed by atoms with van der Waals surface area (Å²) >= 11 is 0. The van der Waals surface area contributed by atoms with Crippen LogP contribution in [0.2, 0.25) is 0 Å². The van der Waals surface area contributed by atoms with Gasteiger partial charge in [0.05, 0.1) is 12.0 Å². The fraction of sp³-hybridized carbons (Fsp3) is 0.556. The van der Waals surface area contributed by atoms with Gasteiger partial charge >= 0.3 is 0 Å². The summed E-state index contributed by atoms with van der Waals surface area (Å²) in [4.78, 5) is 24.4. The van der Waals surface area contributed by atoms with Gasteiger partial charge in [-0.25, -0.2) is 0 Å². The molecule has 1 aliphatic rings. The molecule has 0 radical (unpaired) electrons. The minimum Gasteiger partial charge on any atom is -0.384 e. The number of hydrogen-bond acceptors (Lipinski definition) is 4. The van der Waals surface area contributed by atoms with Crippen molar-refractivity contribution in [2.75, 3.05) is 33.4 Å². The van der Waals surface area contributed by atoms with E-state index in [-0.39, 0.29) is 30.6 Å². The maximum atomic E-state index is 12.5. The van der Waals surface area contributed by atoms with Gasteiger partial charge in [0, 0.05) is 26.6 Å². The molecule has 1 aromatic carbocycles. The molecule has 1 aromatic rings. The average molecular weight is 370 g/mol. The average Bonchev–Trinajstić information content (AvgIpc) is 2.62. The molecule has 7 heteroatoms. The summed E-state index contributed by atoms with van der Waals surface area (Å²) in [6, 6.07) is 9.75. The SMILES string of the molecule is COCC1(C(=O)NCCC(=O)NCc2ccccc2)CCNCC1.Cl. The molecule has 2 amide bonds. The number of halogens is 1. The summed E-state index contributed by atoms with van der Waals surface area (Å²) in [5, 5.41) is 9.02. The number of ether oxygens (including phenoxy) is 1. The Morgan fingerprint density at radius 2 is 1.84 bits per heavy atom. The minimum atomic E-state index is -0.472. The van der Waals surface area contributed by atoms with E-state index in [2.05, 4.69) is 16.0 Å². The molecule has 1 aliphatic heterocycles. The number of hydrogen-bond donors (Lipinski definition) is 3. The van der Waals surface area contributed by atoms with Crippen molar-refractivity contribution >= 4 is 24.2 Å². The maximum Gasteiger partial charge on any atom is 0.228 e. The van der Waals surface area contributed by atoms with Crippen molar-refractivity contribution in [2.45, 2.75) is 25.8 Å². The molecule has 0 saturated carbocycles. The topological polar surface area (TPSA) is 79.5 Å². The third-order valence-electron chi connectivity index (χ3n) is 4.43. The van der Waals surface area contributed by atoms with E-state index in [1.54, 1.807) is 7.11 Å². The fourth-order valence-corrected chi connectivity index (χ4v) is 2.98. The van der Waals surface area contributed by atoms with E-state index >= 15 is 0 Å². The van der Waals surface area contributed by atoms with Crippen LogP contribution in [0, 0.1) is 5.41 Å². The predicted molar refractivity (Wildman–Crippen MR) is 99.6 cm³/mol. The predicted octanol–water partition coefficient (Wildman–Crippen LogP) is 1.25. The van der Waals surface area contributed by atoms with E-state index in [9.17, 15) is 9.59 Å². The molecule has 25 heavy (non-hydrogen) atoms. The van der Waals surface area contributed by atoms with Crippen LogP contribution in [0.1, 0.15) is 24.8 Å². The highest BCUT2D eigenvalue weighted by atomic mass is 35.5. The lowest BCUT2D eigenvalue weighted by atomic mass is 9.78. The Morgan fingerprint density at radius 3 is 2.48 bits per heavy atom. The van der Waals surface area contributed by atoms with Gasteiger partial charge in [-0.2, -0.15) is 0 Å². The lowest BCUT2D eigenvalue weighted by molar-refractivity contribution is -0.136. The van der Waals surface area contributed by atoms with Crippen LogP contribution in [0.3, 0.4) is 0 Å². The summed E-state index contributed by atoms with van der Waals surface area (Å²) in [6.45, 7) is 2.90. The number of benzene rings is 1. The molecular formula is C18H28ClN3O3. The van der Waals surface area contributed by atoms with Crippen molar-refractivity contribution in [3.05, 3.63) is 35.9 Å². The lowest BCUT2D eigenvalue weighted by Gasteiger charge is -2.35. The molecule has 0 unspecified atom stereocenters. The summed E-state index contributed by atoms with van der Waals surface area (Å²) < 4.78 is 5.25. The normalized spacial score (nSPS) is 15.7. The summed E-state index contributed by atoms with van der Waals surface area (Å²) in [6.07, 6.45) is 1.79. The van der Waals surface area contributed by atoms with Gasteiger partial charge in [0.15, 0.2) is 0 Å². The van der Waals surface area contributed by atoms with Crippen LogP contribution in [0.25, 0.3) is 0 Å². The smallest absolute Gasteiger partial charge is 0.228 e. The molecule has 3 N–H and O–H groups in total. The van der Waals surface area contributed by atoms with Crippen LogP contribution in [0.5, 0.6) is 0 Å². The van der Waals surface area contributed by atoms with Crippen LogP contribution in [-0.2, 0) is 20.9 Å². The zero-order chi connectivity index (χ0) is 17.3. The molecule has 0 atom stereocenters. The third kappa shape index (κ3) is 6.65. The summed E-state index contributed by atoms with van der Waals surface area (Å²) in [7, 11) is 1.62. The molecule has 1 heterocycles. The minimum absolute atomic E-state index is 0. The Morgan fingerprint density at radius 1 is 1.16 bits per heavy atom. The Balaban J connectivity index is 0.00000312. The first-order valence-electron chi connectivity index (χ1n) is 8.45. The Hall–Kier alpha value is -1.63. The summed E-state index contributed by atoms with van der Waals surface area (Å²) in [5.41, 5.74) is 0.587. The van der Waals surface area contributed by atoms with E-state index < -0.39 is 5.41 Å². The van der Waals surface area contributed by atoms with Gasteiger partial charge in [0.25, 0.3) is 0 Å². The Kier molecular flexibility index (Phi) is 9.49. The second-order valence-corrected chi connectivity index (χ2v) is 6.23.